The molecule has 1 rings (SSSR count). The summed E-state index contributed by atoms with van der Waals surface area (Å²) in [6.07, 6.45) is 2.93. The van der Waals surface area contributed by atoms with Crippen LogP contribution < -0.4 is 0 Å². The topological polar surface area (TPSA) is 68.3 Å². The third-order valence-electron chi connectivity index (χ3n) is 3.67. The summed E-state index contributed by atoms with van der Waals surface area (Å²) >= 11 is 0. The highest BCUT2D eigenvalue weighted by Crippen LogP contribution is 2.39. The van der Waals surface area contributed by atoms with E-state index >= 15 is 0 Å². The molecule has 2 unspecified atom stereocenters. The Balaban J connectivity index is 3.54. The molecule has 19 heavy (non-hydrogen) atoms. The highest BCUT2D eigenvalue weighted by atomic mass is 16.1. The number of carbonyl (C=O) groups is 4. The van der Waals surface area contributed by atoms with Gasteiger partial charge in [-0.25, -0.2) is 0 Å². The second kappa shape index (κ2) is 5.03. The van der Waals surface area contributed by atoms with Gasteiger partial charge in [0, 0.05) is 11.1 Å². The fraction of sp³-hybridized carbons (Fsp3) is 0.467. The summed E-state index contributed by atoms with van der Waals surface area (Å²) in [6.45, 7) is 7.08. The molecule has 0 heterocycles. The van der Waals surface area contributed by atoms with Crippen molar-refractivity contribution in [3.8, 4) is 0 Å². The van der Waals surface area contributed by atoms with Gasteiger partial charge in [0.25, 0.3) is 0 Å². The molecule has 0 saturated carbocycles. The maximum absolute atomic E-state index is 11.9. The van der Waals surface area contributed by atoms with Gasteiger partial charge in [0.2, 0.25) is 0 Å². The van der Waals surface area contributed by atoms with Crippen molar-refractivity contribution in [3.05, 3.63) is 23.3 Å². The third kappa shape index (κ3) is 2.62. The van der Waals surface area contributed by atoms with Crippen LogP contribution in [0.5, 0.6) is 0 Å². The first kappa shape index (κ1) is 15.2. The molecule has 1 aliphatic carbocycles. The van der Waals surface area contributed by atoms with Crippen molar-refractivity contribution in [1.29, 1.82) is 0 Å². The van der Waals surface area contributed by atoms with Gasteiger partial charge in [-0.1, -0.05) is 12.2 Å². The SMILES string of the molecule is CC(=O)C1=CC(C(C)=O)C(C)(C(C)=O)C=C1C(C)=O. The molecule has 0 aromatic rings. The van der Waals surface area contributed by atoms with Crippen LogP contribution >= 0.6 is 0 Å². The molecule has 0 aromatic heterocycles. The minimum atomic E-state index is -1.06. The van der Waals surface area contributed by atoms with E-state index in [0.717, 1.165) is 0 Å². The van der Waals surface area contributed by atoms with Crippen molar-refractivity contribution >= 4 is 23.1 Å². The first-order valence-corrected chi connectivity index (χ1v) is 6.09. The molecule has 0 saturated heterocycles. The van der Waals surface area contributed by atoms with Crippen LogP contribution in [0.25, 0.3) is 0 Å². The van der Waals surface area contributed by atoms with Crippen molar-refractivity contribution in [3.63, 3.8) is 0 Å². The third-order valence-corrected chi connectivity index (χ3v) is 3.67. The van der Waals surface area contributed by atoms with Gasteiger partial charge in [-0.2, -0.15) is 0 Å². The molecule has 0 radical (unpaired) electrons. The molecule has 0 N–H and O–H groups in total. The number of allylic oxidation sites excluding steroid dienone is 4. The molecule has 0 aromatic carbocycles. The first-order valence-electron chi connectivity index (χ1n) is 6.09. The van der Waals surface area contributed by atoms with Crippen LogP contribution in [0.1, 0.15) is 34.6 Å². The summed E-state index contributed by atoms with van der Waals surface area (Å²) < 4.78 is 0. The molecule has 1 aliphatic rings. The Labute approximate surface area is 112 Å². The lowest BCUT2D eigenvalue weighted by molar-refractivity contribution is -0.132. The summed E-state index contributed by atoms with van der Waals surface area (Å²) in [6, 6.07) is 0. The van der Waals surface area contributed by atoms with Crippen molar-refractivity contribution in [1.82, 2.24) is 0 Å². The Kier molecular flexibility index (Phi) is 4.03. The van der Waals surface area contributed by atoms with Gasteiger partial charge in [-0.3, -0.25) is 19.2 Å². The standard InChI is InChI=1S/C15H18O4/c1-8(16)12-6-14(10(3)18)15(5,11(4)19)7-13(12)9(2)17/h6-7,14H,1-5H3. The van der Waals surface area contributed by atoms with E-state index < -0.39 is 11.3 Å². The average Bonchev–Trinajstić information content (AvgIpc) is 2.27. The van der Waals surface area contributed by atoms with Gasteiger partial charge in [0.1, 0.15) is 11.6 Å². The Bertz CT molecular complexity index is 536. The maximum Gasteiger partial charge on any atom is 0.160 e. The Hall–Kier alpha value is -1.84. The molecule has 4 heteroatoms. The highest BCUT2D eigenvalue weighted by Gasteiger charge is 2.43. The van der Waals surface area contributed by atoms with Gasteiger partial charge in [0.05, 0.1) is 11.3 Å². The molecular formula is C15H18O4. The highest BCUT2D eigenvalue weighted by molar-refractivity contribution is 6.13. The van der Waals surface area contributed by atoms with Crippen LogP contribution in [0.4, 0.5) is 0 Å². The van der Waals surface area contributed by atoms with Crippen molar-refractivity contribution in [2.75, 3.05) is 0 Å². The van der Waals surface area contributed by atoms with Gasteiger partial charge in [-0.15, -0.1) is 0 Å². The van der Waals surface area contributed by atoms with E-state index in [2.05, 4.69) is 0 Å². The lowest BCUT2D eigenvalue weighted by Gasteiger charge is -2.34. The van der Waals surface area contributed by atoms with E-state index in [9.17, 15) is 19.2 Å². The largest absolute Gasteiger partial charge is 0.299 e. The fourth-order valence-corrected chi connectivity index (χ4v) is 2.36. The van der Waals surface area contributed by atoms with Gasteiger partial charge in [0.15, 0.2) is 11.6 Å². The number of carbonyl (C=O) groups excluding carboxylic acids is 4. The van der Waals surface area contributed by atoms with Crippen LogP contribution in [0.3, 0.4) is 0 Å². The smallest absolute Gasteiger partial charge is 0.160 e. The number of ketones is 4. The number of rotatable bonds is 4. The van der Waals surface area contributed by atoms with Gasteiger partial charge in [-0.05, 0) is 34.6 Å². The number of hydrogen-bond acceptors (Lipinski definition) is 4. The van der Waals surface area contributed by atoms with Crippen LogP contribution in [-0.4, -0.2) is 23.1 Å². The van der Waals surface area contributed by atoms with E-state index in [-0.39, 0.29) is 34.3 Å². The molecule has 0 spiro atoms. The zero-order chi connectivity index (χ0) is 15.0. The molecule has 4 nitrogen and oxygen atoms in total. The zero-order valence-corrected chi connectivity index (χ0v) is 11.9. The summed E-state index contributed by atoms with van der Waals surface area (Å²) in [5.74, 6) is -1.66. The molecule has 0 bridgehead atoms. The molecule has 2 atom stereocenters. The van der Waals surface area contributed by atoms with E-state index in [1.807, 2.05) is 0 Å². The first-order chi connectivity index (χ1) is 8.61. The Morgan fingerprint density at radius 2 is 1.42 bits per heavy atom. The summed E-state index contributed by atoms with van der Waals surface area (Å²) in [5.41, 5.74) is -0.611. The van der Waals surface area contributed by atoms with E-state index in [0.29, 0.717) is 0 Å². The zero-order valence-electron chi connectivity index (χ0n) is 11.9. The lowest BCUT2D eigenvalue weighted by atomic mass is 9.66. The summed E-state index contributed by atoms with van der Waals surface area (Å²) in [5, 5.41) is 0. The number of Topliss-reactive ketones (excluding diaryl/α,β-unsaturated/α-hetero) is 4. The minimum absolute atomic E-state index is 0.199. The average molecular weight is 262 g/mol. The summed E-state index contributed by atoms with van der Waals surface area (Å²) in [7, 11) is 0. The number of hydrogen-bond donors (Lipinski definition) is 0. The lowest BCUT2D eigenvalue weighted by Crippen LogP contribution is -2.39. The van der Waals surface area contributed by atoms with Crippen LogP contribution in [-0.2, 0) is 19.2 Å². The van der Waals surface area contributed by atoms with Crippen molar-refractivity contribution < 1.29 is 19.2 Å². The monoisotopic (exact) mass is 262 g/mol. The van der Waals surface area contributed by atoms with Crippen LogP contribution in [0, 0.1) is 11.3 Å². The Morgan fingerprint density at radius 1 is 0.947 bits per heavy atom. The molecule has 0 amide bonds. The molecule has 102 valence electrons. The van der Waals surface area contributed by atoms with Crippen LogP contribution in [0.15, 0.2) is 23.3 Å². The molecule has 0 fully saturated rings. The second-order valence-corrected chi connectivity index (χ2v) is 5.18. The van der Waals surface area contributed by atoms with Gasteiger partial charge < -0.3 is 0 Å². The fourth-order valence-electron chi connectivity index (χ4n) is 2.36. The van der Waals surface area contributed by atoms with E-state index in [1.54, 1.807) is 6.92 Å². The normalized spacial score (nSPS) is 26.3. The van der Waals surface area contributed by atoms with E-state index in [1.165, 1.54) is 39.8 Å². The maximum atomic E-state index is 11.9. The summed E-state index contributed by atoms with van der Waals surface area (Å²) in [4.78, 5) is 46.8. The van der Waals surface area contributed by atoms with Crippen molar-refractivity contribution in [2.45, 2.75) is 34.6 Å². The van der Waals surface area contributed by atoms with E-state index in [4.69, 9.17) is 0 Å². The second-order valence-electron chi connectivity index (χ2n) is 5.18. The molecular weight excluding hydrogens is 244 g/mol. The Morgan fingerprint density at radius 3 is 1.74 bits per heavy atom. The van der Waals surface area contributed by atoms with Crippen molar-refractivity contribution in [2.24, 2.45) is 11.3 Å². The predicted octanol–water partition coefficient (Wildman–Crippen LogP) is 1.83. The van der Waals surface area contributed by atoms with Gasteiger partial charge >= 0.3 is 0 Å². The quantitative estimate of drug-likeness (QED) is 0.775. The predicted molar refractivity (Wildman–Crippen MR) is 70.5 cm³/mol. The van der Waals surface area contributed by atoms with Crippen LogP contribution in [0.2, 0.25) is 0 Å². The molecule has 0 aliphatic heterocycles. The minimum Gasteiger partial charge on any atom is -0.299 e.